The first-order chi connectivity index (χ1) is 13.5. The molecular formula is C20H15N3O5. The van der Waals surface area contributed by atoms with Gasteiger partial charge in [0.1, 0.15) is 18.5 Å². The molecule has 0 bridgehead atoms. The number of hydrogen-bond donors (Lipinski definition) is 1. The number of hydrogen-bond acceptors (Lipinski definition) is 6. The van der Waals surface area contributed by atoms with Gasteiger partial charge >= 0.3 is 5.97 Å². The quantitative estimate of drug-likeness (QED) is 0.547. The number of imide groups is 1. The predicted octanol–water partition coefficient (Wildman–Crippen LogP) is 1.65. The Balaban J connectivity index is 1.50. The summed E-state index contributed by atoms with van der Waals surface area (Å²) in [5, 5.41) is 0.428. The van der Waals surface area contributed by atoms with Gasteiger partial charge in [-0.3, -0.25) is 19.3 Å². The molecule has 2 heterocycles. The first-order valence-electron chi connectivity index (χ1n) is 8.59. The maximum absolute atomic E-state index is 12.5. The van der Waals surface area contributed by atoms with E-state index < -0.39 is 23.8 Å². The Labute approximate surface area is 158 Å². The summed E-state index contributed by atoms with van der Waals surface area (Å²) in [4.78, 5) is 57.1. The van der Waals surface area contributed by atoms with Gasteiger partial charge in [-0.25, -0.2) is 9.78 Å². The van der Waals surface area contributed by atoms with Crippen molar-refractivity contribution in [3.63, 3.8) is 0 Å². The van der Waals surface area contributed by atoms with E-state index >= 15 is 0 Å². The number of H-pyrrole nitrogens is 1. The summed E-state index contributed by atoms with van der Waals surface area (Å²) in [6.45, 7) is 1.13. The van der Waals surface area contributed by atoms with E-state index in [0.29, 0.717) is 10.9 Å². The number of aromatic nitrogens is 2. The van der Waals surface area contributed by atoms with Crippen LogP contribution < -0.4 is 5.56 Å². The number of rotatable bonds is 4. The Morgan fingerprint density at radius 3 is 2.32 bits per heavy atom. The second-order valence-electron chi connectivity index (χ2n) is 6.34. The lowest BCUT2D eigenvalue weighted by atomic mass is 10.1. The second kappa shape index (κ2) is 6.73. The van der Waals surface area contributed by atoms with Gasteiger partial charge in [-0.05, 0) is 31.2 Å². The van der Waals surface area contributed by atoms with Crippen LogP contribution in [-0.2, 0) is 16.1 Å². The van der Waals surface area contributed by atoms with Crippen LogP contribution in [0.2, 0.25) is 0 Å². The molecule has 1 aliphatic rings. The van der Waals surface area contributed by atoms with Crippen molar-refractivity contribution in [2.45, 2.75) is 19.6 Å². The second-order valence-corrected chi connectivity index (χ2v) is 6.34. The fourth-order valence-corrected chi connectivity index (χ4v) is 3.13. The van der Waals surface area contributed by atoms with Gasteiger partial charge in [0.15, 0.2) is 0 Å². The maximum Gasteiger partial charge on any atom is 0.329 e. The average molecular weight is 377 g/mol. The fraction of sp³-hybridized carbons (Fsp3) is 0.150. The number of carbonyl (C=O) groups is 3. The Kier molecular flexibility index (Phi) is 4.23. The van der Waals surface area contributed by atoms with Gasteiger partial charge < -0.3 is 9.72 Å². The minimum absolute atomic E-state index is 0.173. The Bertz CT molecular complexity index is 1150. The van der Waals surface area contributed by atoms with Crippen molar-refractivity contribution in [2.75, 3.05) is 0 Å². The molecule has 1 aromatic heterocycles. The number of nitrogens with one attached hydrogen (secondary N) is 1. The third-order valence-electron chi connectivity index (χ3n) is 4.57. The van der Waals surface area contributed by atoms with Crippen molar-refractivity contribution in [1.82, 2.24) is 14.9 Å². The largest absolute Gasteiger partial charge is 0.456 e. The zero-order chi connectivity index (χ0) is 19.8. The lowest BCUT2D eigenvalue weighted by molar-refractivity contribution is -0.149. The van der Waals surface area contributed by atoms with E-state index in [-0.39, 0.29) is 29.1 Å². The summed E-state index contributed by atoms with van der Waals surface area (Å²) < 4.78 is 5.18. The van der Waals surface area contributed by atoms with Gasteiger partial charge in [0.25, 0.3) is 17.4 Å². The lowest BCUT2D eigenvalue weighted by Gasteiger charge is -2.20. The highest BCUT2D eigenvalue weighted by molar-refractivity contribution is 6.22. The molecule has 0 spiro atoms. The third kappa shape index (κ3) is 2.84. The van der Waals surface area contributed by atoms with E-state index in [4.69, 9.17) is 4.74 Å². The molecule has 0 saturated carbocycles. The van der Waals surface area contributed by atoms with Crippen molar-refractivity contribution in [1.29, 1.82) is 0 Å². The van der Waals surface area contributed by atoms with Crippen LogP contribution in [-0.4, -0.2) is 38.7 Å². The minimum atomic E-state index is -1.11. The highest BCUT2D eigenvalue weighted by Crippen LogP contribution is 2.24. The summed E-state index contributed by atoms with van der Waals surface area (Å²) in [7, 11) is 0. The van der Waals surface area contributed by atoms with E-state index in [9.17, 15) is 19.2 Å². The zero-order valence-electron chi connectivity index (χ0n) is 14.8. The number of fused-ring (bicyclic) bond motifs is 2. The van der Waals surface area contributed by atoms with E-state index in [1.807, 2.05) is 0 Å². The van der Waals surface area contributed by atoms with E-state index in [2.05, 4.69) is 9.97 Å². The van der Waals surface area contributed by atoms with Gasteiger partial charge in [-0.15, -0.1) is 0 Å². The van der Waals surface area contributed by atoms with Crippen LogP contribution in [0.1, 0.15) is 33.5 Å². The van der Waals surface area contributed by atoms with Gasteiger partial charge in [-0.2, -0.15) is 0 Å². The normalized spacial score (nSPS) is 14.2. The molecular weight excluding hydrogens is 362 g/mol. The van der Waals surface area contributed by atoms with Gasteiger partial charge in [0, 0.05) is 0 Å². The molecule has 0 aliphatic carbocycles. The Morgan fingerprint density at radius 2 is 1.64 bits per heavy atom. The molecule has 28 heavy (non-hydrogen) atoms. The van der Waals surface area contributed by atoms with Crippen molar-refractivity contribution in [3.8, 4) is 0 Å². The minimum Gasteiger partial charge on any atom is -0.456 e. The molecule has 140 valence electrons. The number of carbonyl (C=O) groups excluding carboxylic acids is 3. The van der Waals surface area contributed by atoms with Crippen LogP contribution in [0.5, 0.6) is 0 Å². The first kappa shape index (κ1) is 17.6. The van der Waals surface area contributed by atoms with E-state index in [1.165, 1.54) is 19.1 Å². The molecule has 1 N–H and O–H groups in total. The molecule has 8 nitrogen and oxygen atoms in total. The number of nitrogens with zero attached hydrogens (tertiary/aromatic N) is 2. The third-order valence-corrected chi connectivity index (χ3v) is 4.57. The van der Waals surface area contributed by atoms with Crippen molar-refractivity contribution >= 4 is 28.7 Å². The van der Waals surface area contributed by atoms with Gasteiger partial charge in [-0.1, -0.05) is 24.3 Å². The van der Waals surface area contributed by atoms with Crippen LogP contribution >= 0.6 is 0 Å². The highest BCUT2D eigenvalue weighted by atomic mass is 16.5. The number of para-hydroxylation sites is 1. The number of amides is 2. The molecule has 1 unspecified atom stereocenters. The number of ether oxygens (including phenoxy) is 1. The van der Waals surface area contributed by atoms with Gasteiger partial charge in [0.2, 0.25) is 0 Å². The number of esters is 1. The molecule has 0 saturated heterocycles. The van der Waals surface area contributed by atoms with Crippen LogP contribution in [0.15, 0.2) is 53.3 Å². The van der Waals surface area contributed by atoms with Crippen molar-refractivity contribution < 1.29 is 19.1 Å². The Hall–Kier alpha value is -3.81. The summed E-state index contributed by atoms with van der Waals surface area (Å²) in [6, 6.07) is 12.1. The van der Waals surface area contributed by atoms with Crippen LogP contribution in [0.4, 0.5) is 0 Å². The molecule has 1 aliphatic heterocycles. The fourth-order valence-electron chi connectivity index (χ4n) is 3.13. The monoisotopic (exact) mass is 377 g/mol. The SMILES string of the molecule is CC(C(=O)OCc1nc2ccccc2c(=O)[nH]1)N1C(=O)c2ccccc2C1=O. The molecule has 2 amide bonds. The molecule has 0 fully saturated rings. The molecule has 4 rings (SSSR count). The number of aromatic amines is 1. The molecule has 8 heteroatoms. The number of benzene rings is 2. The average Bonchev–Trinajstić information content (AvgIpc) is 2.96. The highest BCUT2D eigenvalue weighted by Gasteiger charge is 2.41. The van der Waals surface area contributed by atoms with Crippen molar-refractivity contribution in [3.05, 3.63) is 75.8 Å². The van der Waals surface area contributed by atoms with Gasteiger partial charge in [0.05, 0.1) is 22.0 Å². The molecule has 3 aromatic rings. The smallest absolute Gasteiger partial charge is 0.329 e. The zero-order valence-corrected chi connectivity index (χ0v) is 14.8. The van der Waals surface area contributed by atoms with E-state index in [1.54, 1.807) is 36.4 Å². The standard InChI is InChI=1S/C20H15N3O5/c1-11(23-18(25)12-6-2-3-7-13(12)19(23)26)20(27)28-10-16-21-15-9-5-4-8-14(15)17(24)22-16/h2-9,11H,10H2,1H3,(H,21,22,24). The summed E-state index contributed by atoms with van der Waals surface area (Å²) in [5.74, 6) is -1.68. The molecule has 0 radical (unpaired) electrons. The van der Waals surface area contributed by atoms with Crippen LogP contribution in [0, 0.1) is 0 Å². The van der Waals surface area contributed by atoms with Crippen LogP contribution in [0.3, 0.4) is 0 Å². The summed E-state index contributed by atoms with van der Waals surface area (Å²) in [5.41, 5.74) is 0.649. The molecule has 1 atom stereocenters. The Morgan fingerprint density at radius 1 is 1.04 bits per heavy atom. The first-order valence-corrected chi connectivity index (χ1v) is 8.59. The van der Waals surface area contributed by atoms with Crippen molar-refractivity contribution in [2.24, 2.45) is 0 Å². The predicted molar refractivity (Wildman–Crippen MR) is 98.6 cm³/mol. The summed E-state index contributed by atoms with van der Waals surface area (Å²) >= 11 is 0. The van der Waals surface area contributed by atoms with Crippen LogP contribution in [0.25, 0.3) is 10.9 Å². The van der Waals surface area contributed by atoms with E-state index in [0.717, 1.165) is 4.90 Å². The maximum atomic E-state index is 12.5. The molecule has 2 aromatic carbocycles. The summed E-state index contributed by atoms with van der Waals surface area (Å²) in [6.07, 6.45) is 0. The topological polar surface area (TPSA) is 109 Å². The lowest BCUT2D eigenvalue weighted by Crippen LogP contribution is -2.43.